The number of pyridine rings is 1. The van der Waals surface area contributed by atoms with Gasteiger partial charge >= 0.3 is 6.18 Å². The number of rotatable bonds is 5. The lowest BCUT2D eigenvalue weighted by Crippen LogP contribution is -2.06. The molecule has 0 radical (unpaired) electrons. The average molecular weight is 430 g/mol. The summed E-state index contributed by atoms with van der Waals surface area (Å²) in [4.78, 5) is 10.2. The minimum atomic E-state index is -4.50. The highest BCUT2D eigenvalue weighted by Crippen LogP contribution is 2.36. The second-order valence-corrected chi connectivity index (χ2v) is 6.39. The van der Waals surface area contributed by atoms with Gasteiger partial charge in [-0.25, -0.2) is 0 Å². The predicted octanol–water partition coefficient (Wildman–Crippen LogP) is 5.12. The van der Waals surface area contributed by atoms with Crippen molar-refractivity contribution in [2.24, 2.45) is 0 Å². The number of ether oxygens (including phenoxy) is 2. The quantitative estimate of drug-likeness (QED) is 0.322. The van der Waals surface area contributed by atoms with Crippen LogP contribution in [0.3, 0.4) is 0 Å². The van der Waals surface area contributed by atoms with Gasteiger partial charge in [0.2, 0.25) is 0 Å². The fourth-order valence-electron chi connectivity index (χ4n) is 2.91. The van der Waals surface area contributed by atoms with E-state index in [2.05, 4.69) is 10.2 Å². The lowest BCUT2D eigenvalue weighted by Gasteiger charge is -2.12. The van der Waals surface area contributed by atoms with Gasteiger partial charge in [0.25, 0.3) is 5.69 Å². The summed E-state index contributed by atoms with van der Waals surface area (Å²) in [6.45, 7) is 0. The molecule has 158 valence electrons. The maximum absolute atomic E-state index is 13.1. The van der Waals surface area contributed by atoms with Crippen LogP contribution in [0.5, 0.6) is 17.2 Å². The first-order valence-corrected chi connectivity index (χ1v) is 8.79. The average Bonchev–Trinajstić information content (AvgIpc) is 3.17. The Bertz CT molecular complexity index is 1270. The number of hydrogen-bond acceptors (Lipinski definition) is 6. The minimum absolute atomic E-state index is 0.0772. The van der Waals surface area contributed by atoms with Gasteiger partial charge in [-0.15, -0.1) is 10.2 Å². The van der Waals surface area contributed by atoms with Crippen molar-refractivity contribution in [1.82, 2.24) is 14.6 Å². The van der Waals surface area contributed by atoms with E-state index < -0.39 is 16.7 Å². The summed E-state index contributed by atoms with van der Waals surface area (Å²) in [5.74, 6) is 1.14. The predicted molar refractivity (Wildman–Crippen MR) is 103 cm³/mol. The highest BCUT2D eigenvalue weighted by atomic mass is 19.4. The third kappa shape index (κ3) is 3.97. The summed E-state index contributed by atoms with van der Waals surface area (Å²) in [5.41, 5.74) is -0.189. The topological polar surface area (TPSA) is 91.8 Å². The van der Waals surface area contributed by atoms with Crippen LogP contribution in [-0.2, 0) is 6.18 Å². The molecule has 0 atom stereocenters. The van der Waals surface area contributed by atoms with E-state index >= 15 is 0 Å². The molecule has 0 fully saturated rings. The van der Waals surface area contributed by atoms with Crippen LogP contribution in [0.2, 0.25) is 0 Å². The van der Waals surface area contributed by atoms with E-state index in [0.717, 1.165) is 12.3 Å². The van der Waals surface area contributed by atoms with Gasteiger partial charge in [-0.05, 0) is 42.5 Å². The molecular formula is C20H13F3N4O4. The number of aromatic nitrogens is 3. The zero-order chi connectivity index (χ0) is 22.2. The standard InChI is InChI=1S/C20H13F3N4O4/c1-30-17-10-12(2-8-16(17)31-15-6-4-14(5-7-15)27(28)29)19-25-24-18-9-3-13(11-26(18)19)20(21,22)23/h2-11H,1H3. The van der Waals surface area contributed by atoms with Gasteiger partial charge in [-0.1, -0.05) is 0 Å². The number of halogens is 3. The van der Waals surface area contributed by atoms with Gasteiger partial charge in [0.15, 0.2) is 23.0 Å². The second kappa shape index (κ2) is 7.59. The molecule has 0 saturated carbocycles. The van der Waals surface area contributed by atoms with Gasteiger partial charge < -0.3 is 9.47 Å². The van der Waals surface area contributed by atoms with Crippen molar-refractivity contribution in [1.29, 1.82) is 0 Å². The fourth-order valence-corrected chi connectivity index (χ4v) is 2.91. The first-order valence-electron chi connectivity index (χ1n) is 8.79. The number of nitrogens with zero attached hydrogens (tertiary/aromatic N) is 4. The molecule has 0 aliphatic heterocycles. The molecule has 8 nitrogen and oxygen atoms in total. The Morgan fingerprint density at radius 3 is 2.39 bits per heavy atom. The first-order chi connectivity index (χ1) is 14.8. The van der Waals surface area contributed by atoms with Crippen molar-refractivity contribution in [3.63, 3.8) is 0 Å². The Morgan fingerprint density at radius 2 is 1.74 bits per heavy atom. The molecule has 2 aromatic heterocycles. The van der Waals surface area contributed by atoms with E-state index in [9.17, 15) is 23.3 Å². The Hall–Kier alpha value is -4.15. The number of benzene rings is 2. The normalized spacial score (nSPS) is 11.5. The van der Waals surface area contributed by atoms with Crippen LogP contribution < -0.4 is 9.47 Å². The number of methoxy groups -OCH3 is 1. The molecule has 2 aromatic carbocycles. The molecule has 11 heteroatoms. The van der Waals surface area contributed by atoms with Crippen LogP contribution in [0.15, 0.2) is 60.8 Å². The van der Waals surface area contributed by atoms with Crippen LogP contribution in [0.4, 0.5) is 18.9 Å². The lowest BCUT2D eigenvalue weighted by atomic mass is 10.2. The molecule has 2 heterocycles. The molecule has 0 saturated heterocycles. The SMILES string of the molecule is COc1cc(-c2nnc3ccc(C(F)(F)F)cn23)ccc1Oc1ccc([N+](=O)[O-])cc1. The molecule has 0 aliphatic rings. The summed E-state index contributed by atoms with van der Waals surface area (Å²) in [6, 6.07) is 12.4. The largest absolute Gasteiger partial charge is 0.493 e. The maximum Gasteiger partial charge on any atom is 0.417 e. The van der Waals surface area contributed by atoms with Gasteiger partial charge in [-0.2, -0.15) is 13.2 Å². The number of non-ortho nitro benzene ring substituents is 1. The third-order valence-electron chi connectivity index (χ3n) is 4.43. The Balaban J connectivity index is 1.69. The number of nitro groups is 1. The Kier molecular flexibility index (Phi) is 4.93. The number of hydrogen-bond donors (Lipinski definition) is 0. The van der Waals surface area contributed by atoms with E-state index in [1.54, 1.807) is 18.2 Å². The van der Waals surface area contributed by atoms with E-state index in [1.165, 1.54) is 41.8 Å². The Labute approximate surface area is 172 Å². The van der Waals surface area contributed by atoms with E-state index in [0.29, 0.717) is 22.8 Å². The Morgan fingerprint density at radius 1 is 1.00 bits per heavy atom. The molecule has 4 aromatic rings. The molecule has 31 heavy (non-hydrogen) atoms. The molecule has 0 aliphatic carbocycles. The van der Waals surface area contributed by atoms with Gasteiger partial charge in [-0.3, -0.25) is 14.5 Å². The van der Waals surface area contributed by atoms with Crippen LogP contribution in [0.1, 0.15) is 5.56 Å². The molecule has 0 unspecified atom stereocenters. The zero-order valence-corrected chi connectivity index (χ0v) is 15.8. The number of nitro benzene ring substituents is 1. The van der Waals surface area contributed by atoms with Gasteiger partial charge in [0, 0.05) is 23.9 Å². The third-order valence-corrected chi connectivity index (χ3v) is 4.43. The summed E-state index contributed by atoms with van der Waals surface area (Å²) < 4.78 is 51.5. The molecule has 0 amide bonds. The van der Waals surface area contributed by atoms with Crippen LogP contribution in [0, 0.1) is 10.1 Å². The van der Waals surface area contributed by atoms with Crippen LogP contribution in [-0.4, -0.2) is 26.6 Å². The highest BCUT2D eigenvalue weighted by molar-refractivity contribution is 5.64. The van der Waals surface area contributed by atoms with Crippen molar-refractivity contribution in [3.05, 3.63) is 76.5 Å². The number of alkyl halides is 3. The van der Waals surface area contributed by atoms with Crippen molar-refractivity contribution in [2.75, 3.05) is 7.11 Å². The molecule has 0 bridgehead atoms. The van der Waals surface area contributed by atoms with Crippen molar-refractivity contribution >= 4 is 11.3 Å². The van der Waals surface area contributed by atoms with Gasteiger partial charge in [0.05, 0.1) is 17.6 Å². The van der Waals surface area contributed by atoms with Crippen molar-refractivity contribution in [2.45, 2.75) is 6.18 Å². The lowest BCUT2D eigenvalue weighted by molar-refractivity contribution is -0.384. The molecule has 0 spiro atoms. The highest BCUT2D eigenvalue weighted by Gasteiger charge is 2.31. The van der Waals surface area contributed by atoms with Gasteiger partial charge in [0.1, 0.15) is 5.75 Å². The smallest absolute Gasteiger partial charge is 0.417 e. The fraction of sp³-hybridized carbons (Fsp3) is 0.100. The van der Waals surface area contributed by atoms with Crippen molar-refractivity contribution < 1.29 is 27.6 Å². The second-order valence-electron chi connectivity index (χ2n) is 6.39. The zero-order valence-electron chi connectivity index (χ0n) is 15.8. The van der Waals surface area contributed by atoms with E-state index in [4.69, 9.17) is 9.47 Å². The molecular weight excluding hydrogens is 417 g/mol. The first kappa shape index (κ1) is 20.1. The summed E-state index contributed by atoms with van der Waals surface area (Å²) in [5, 5.41) is 18.7. The summed E-state index contributed by atoms with van der Waals surface area (Å²) in [6.07, 6.45) is -3.58. The van der Waals surface area contributed by atoms with Crippen LogP contribution >= 0.6 is 0 Å². The number of fused-ring (bicyclic) bond motifs is 1. The molecule has 0 N–H and O–H groups in total. The van der Waals surface area contributed by atoms with E-state index in [1.807, 2.05) is 0 Å². The van der Waals surface area contributed by atoms with Crippen molar-refractivity contribution in [3.8, 4) is 28.6 Å². The maximum atomic E-state index is 13.1. The summed E-state index contributed by atoms with van der Waals surface area (Å²) >= 11 is 0. The molecule has 4 rings (SSSR count). The van der Waals surface area contributed by atoms with E-state index in [-0.39, 0.29) is 17.2 Å². The summed E-state index contributed by atoms with van der Waals surface area (Å²) in [7, 11) is 1.41. The monoisotopic (exact) mass is 430 g/mol. The minimum Gasteiger partial charge on any atom is -0.493 e. The van der Waals surface area contributed by atoms with Crippen LogP contribution in [0.25, 0.3) is 17.0 Å².